The average Bonchev–Trinajstić information content (AvgIpc) is 3.03. The van der Waals surface area contributed by atoms with Gasteiger partial charge in [0.15, 0.2) is 6.29 Å². The summed E-state index contributed by atoms with van der Waals surface area (Å²) in [5, 5.41) is 45.4. The summed E-state index contributed by atoms with van der Waals surface area (Å²) in [6.45, 7) is 1.79. The Kier molecular flexibility index (Phi) is 20.2. The molecule has 0 spiro atoms. The normalized spacial score (nSPS) is 22.4. The van der Waals surface area contributed by atoms with Crippen LogP contribution >= 0.6 is 0 Å². The fourth-order valence-electron chi connectivity index (χ4n) is 5.41. The fraction of sp³-hybridized carbons (Fsp3) is 0.765. The summed E-state index contributed by atoms with van der Waals surface area (Å²) in [5.74, 6) is -0.668. The van der Waals surface area contributed by atoms with Gasteiger partial charge in [0, 0.05) is 13.0 Å². The van der Waals surface area contributed by atoms with Gasteiger partial charge in [0.25, 0.3) is 0 Å². The number of aliphatic hydroxyl groups excluding tert-OH is 4. The molecule has 1 aromatic carbocycles. The summed E-state index contributed by atoms with van der Waals surface area (Å²) in [4.78, 5) is 25.8. The van der Waals surface area contributed by atoms with Gasteiger partial charge in [-0.05, 0) is 31.2 Å². The van der Waals surface area contributed by atoms with Gasteiger partial charge in [-0.15, -0.1) is 0 Å². The third-order valence-electron chi connectivity index (χ3n) is 8.22. The first-order valence-corrected chi connectivity index (χ1v) is 16.9. The molecule has 6 N–H and O–H groups in total. The van der Waals surface area contributed by atoms with E-state index in [4.69, 9.17) is 9.47 Å². The van der Waals surface area contributed by atoms with Crippen LogP contribution in [-0.2, 0) is 25.5 Å². The molecule has 44 heavy (non-hydrogen) atoms. The molecule has 0 radical (unpaired) electrons. The summed E-state index contributed by atoms with van der Waals surface area (Å²) in [6, 6.07) is 9.35. The van der Waals surface area contributed by atoms with Crippen LogP contribution in [0.3, 0.4) is 0 Å². The summed E-state index contributed by atoms with van der Waals surface area (Å²) in [5.41, 5.74) is 1.33. The minimum absolute atomic E-state index is 0.269. The Labute approximate surface area is 263 Å². The number of aryl methyl sites for hydroxylation is 1. The molecule has 1 aromatic rings. The Bertz CT molecular complexity index is 887. The Balaban J connectivity index is 1.76. The quantitative estimate of drug-likeness (QED) is 0.0957. The largest absolute Gasteiger partial charge is 0.394 e. The van der Waals surface area contributed by atoms with Gasteiger partial charge < -0.3 is 40.5 Å². The highest BCUT2D eigenvalue weighted by molar-refractivity contribution is 5.87. The molecule has 1 aliphatic heterocycles. The number of carbonyl (C=O) groups is 2. The molecule has 0 unspecified atom stereocenters. The minimum atomic E-state index is -1.59. The SMILES string of the molecule is CCCCCCCCCCCNC(=O)[C@H](CO[C@H]1O[C@H](CO)[C@H](O)[C@H](O)[C@H]1O)NC(=O)CCCCCCCc1ccccc1. The first kappa shape index (κ1) is 38.1. The summed E-state index contributed by atoms with van der Waals surface area (Å²) >= 11 is 0. The number of unbranched alkanes of at least 4 members (excludes halogenated alkanes) is 12. The van der Waals surface area contributed by atoms with Gasteiger partial charge in [-0.2, -0.15) is 0 Å². The van der Waals surface area contributed by atoms with Crippen molar-refractivity contribution in [1.29, 1.82) is 0 Å². The summed E-state index contributed by atoms with van der Waals surface area (Å²) in [7, 11) is 0. The van der Waals surface area contributed by atoms with E-state index in [1.54, 1.807) is 0 Å². The minimum Gasteiger partial charge on any atom is -0.394 e. The van der Waals surface area contributed by atoms with Crippen molar-refractivity contribution in [2.24, 2.45) is 0 Å². The predicted molar refractivity (Wildman–Crippen MR) is 170 cm³/mol. The summed E-state index contributed by atoms with van der Waals surface area (Å²) in [6.07, 6.45) is 9.46. The van der Waals surface area contributed by atoms with Gasteiger partial charge in [-0.3, -0.25) is 9.59 Å². The maximum absolute atomic E-state index is 13.0. The third kappa shape index (κ3) is 15.3. The van der Waals surface area contributed by atoms with Crippen molar-refractivity contribution < 1.29 is 39.5 Å². The number of ether oxygens (including phenoxy) is 2. The van der Waals surface area contributed by atoms with E-state index >= 15 is 0 Å². The Morgan fingerprint density at radius 1 is 0.818 bits per heavy atom. The number of carbonyl (C=O) groups excluding carboxylic acids is 2. The maximum Gasteiger partial charge on any atom is 0.244 e. The fourth-order valence-corrected chi connectivity index (χ4v) is 5.41. The van der Waals surface area contributed by atoms with E-state index in [0.29, 0.717) is 13.0 Å². The molecule has 10 heteroatoms. The Hall–Kier alpha value is -2.08. The first-order valence-electron chi connectivity index (χ1n) is 16.9. The van der Waals surface area contributed by atoms with Crippen molar-refractivity contribution in [2.75, 3.05) is 19.8 Å². The molecule has 10 nitrogen and oxygen atoms in total. The van der Waals surface area contributed by atoms with Crippen molar-refractivity contribution in [3.8, 4) is 0 Å². The molecule has 0 aliphatic carbocycles. The molecule has 1 aliphatic rings. The van der Waals surface area contributed by atoms with Crippen LogP contribution in [-0.4, -0.2) is 88.7 Å². The molecule has 1 heterocycles. The lowest BCUT2D eigenvalue weighted by Gasteiger charge is -2.39. The van der Waals surface area contributed by atoms with E-state index in [-0.39, 0.29) is 18.9 Å². The molecular weight excluding hydrogens is 564 g/mol. The molecule has 1 saturated heterocycles. The highest BCUT2D eigenvalue weighted by Crippen LogP contribution is 2.22. The van der Waals surface area contributed by atoms with Crippen molar-refractivity contribution in [3.05, 3.63) is 35.9 Å². The number of amides is 2. The van der Waals surface area contributed by atoms with Gasteiger partial charge in [-0.1, -0.05) is 108 Å². The molecular formula is C34H58N2O8. The molecule has 2 amide bonds. The van der Waals surface area contributed by atoms with Gasteiger partial charge in [0.05, 0.1) is 13.2 Å². The maximum atomic E-state index is 13.0. The zero-order valence-corrected chi connectivity index (χ0v) is 26.7. The second-order valence-electron chi connectivity index (χ2n) is 12.0. The number of aliphatic hydroxyl groups is 4. The van der Waals surface area contributed by atoms with Gasteiger partial charge in [-0.25, -0.2) is 0 Å². The number of nitrogens with one attached hydrogen (secondary N) is 2. The standard InChI is InChI=1S/C34H58N2O8/c1-2-3-4-5-6-7-8-12-18-23-35-33(42)27(25-43-34-32(41)31(40)30(39)28(24-37)44-34)36-29(38)22-17-11-9-10-14-19-26-20-15-13-16-21-26/h13,15-16,20-21,27-28,30-32,34,37,39-41H,2-12,14,17-19,22-25H2,1H3,(H,35,42)(H,36,38)/t27-,28+,30-,31-,32+,34-/m0/s1. The van der Waals surface area contributed by atoms with Crippen LogP contribution in [0, 0.1) is 0 Å². The van der Waals surface area contributed by atoms with E-state index < -0.39 is 49.3 Å². The zero-order chi connectivity index (χ0) is 32.0. The molecule has 0 saturated carbocycles. The lowest BCUT2D eigenvalue weighted by molar-refractivity contribution is -0.301. The Morgan fingerprint density at radius 3 is 2.09 bits per heavy atom. The first-order chi connectivity index (χ1) is 21.4. The lowest BCUT2D eigenvalue weighted by Crippen LogP contribution is -2.60. The Morgan fingerprint density at radius 2 is 1.43 bits per heavy atom. The van der Waals surface area contributed by atoms with E-state index in [1.165, 1.54) is 44.1 Å². The van der Waals surface area contributed by atoms with Crippen molar-refractivity contribution in [2.45, 2.75) is 146 Å². The van der Waals surface area contributed by atoms with E-state index in [0.717, 1.165) is 51.4 Å². The second kappa shape index (κ2) is 23.3. The van der Waals surface area contributed by atoms with Crippen molar-refractivity contribution in [1.82, 2.24) is 10.6 Å². The van der Waals surface area contributed by atoms with E-state index in [9.17, 15) is 30.0 Å². The molecule has 2 rings (SSSR count). The van der Waals surface area contributed by atoms with Gasteiger partial charge >= 0.3 is 0 Å². The molecule has 1 fully saturated rings. The highest BCUT2D eigenvalue weighted by atomic mass is 16.7. The van der Waals surface area contributed by atoms with E-state index in [1.807, 2.05) is 18.2 Å². The van der Waals surface area contributed by atoms with E-state index in [2.05, 4.69) is 29.7 Å². The van der Waals surface area contributed by atoms with Gasteiger partial charge in [0.2, 0.25) is 11.8 Å². The monoisotopic (exact) mass is 622 g/mol. The highest BCUT2D eigenvalue weighted by Gasteiger charge is 2.44. The smallest absolute Gasteiger partial charge is 0.244 e. The predicted octanol–water partition coefficient (Wildman–Crippen LogP) is 3.52. The molecule has 0 bridgehead atoms. The summed E-state index contributed by atoms with van der Waals surface area (Å²) < 4.78 is 11.0. The lowest BCUT2D eigenvalue weighted by atomic mass is 9.99. The zero-order valence-electron chi connectivity index (χ0n) is 26.7. The van der Waals surface area contributed by atoms with Crippen LogP contribution in [0.25, 0.3) is 0 Å². The third-order valence-corrected chi connectivity index (χ3v) is 8.22. The van der Waals surface area contributed by atoms with Crippen LogP contribution in [0.15, 0.2) is 30.3 Å². The van der Waals surface area contributed by atoms with Crippen LogP contribution in [0.1, 0.15) is 109 Å². The van der Waals surface area contributed by atoms with Crippen molar-refractivity contribution >= 4 is 11.8 Å². The second-order valence-corrected chi connectivity index (χ2v) is 12.0. The van der Waals surface area contributed by atoms with Crippen LogP contribution in [0.5, 0.6) is 0 Å². The molecule has 6 atom stereocenters. The van der Waals surface area contributed by atoms with Gasteiger partial charge in [0.1, 0.15) is 30.5 Å². The van der Waals surface area contributed by atoms with Crippen LogP contribution < -0.4 is 10.6 Å². The topological polar surface area (TPSA) is 158 Å². The number of rotatable bonds is 24. The molecule has 252 valence electrons. The number of hydrogen-bond donors (Lipinski definition) is 6. The average molecular weight is 623 g/mol. The van der Waals surface area contributed by atoms with Crippen LogP contribution in [0.2, 0.25) is 0 Å². The van der Waals surface area contributed by atoms with Crippen LogP contribution in [0.4, 0.5) is 0 Å². The number of hydrogen-bond acceptors (Lipinski definition) is 8. The molecule has 0 aromatic heterocycles. The number of benzene rings is 1. The van der Waals surface area contributed by atoms with Crippen molar-refractivity contribution in [3.63, 3.8) is 0 Å².